The lowest BCUT2D eigenvalue weighted by molar-refractivity contribution is 0.340. The smallest absolute Gasteiger partial charge is 0.0609 e. The SMILES string of the molecule is CC1CCCC(CN)(N2CCN(C)c3ccccc32)CC1. The Labute approximate surface area is 129 Å². The van der Waals surface area contributed by atoms with Crippen LogP contribution in [0.2, 0.25) is 0 Å². The monoisotopic (exact) mass is 287 g/mol. The van der Waals surface area contributed by atoms with Crippen LogP contribution in [0.1, 0.15) is 39.0 Å². The maximum absolute atomic E-state index is 6.32. The van der Waals surface area contributed by atoms with Crippen LogP contribution >= 0.6 is 0 Å². The zero-order valence-electron chi connectivity index (χ0n) is 13.5. The van der Waals surface area contributed by atoms with Crippen LogP contribution < -0.4 is 15.5 Å². The van der Waals surface area contributed by atoms with Crippen molar-refractivity contribution in [2.75, 3.05) is 36.5 Å². The maximum Gasteiger partial charge on any atom is 0.0609 e. The highest BCUT2D eigenvalue weighted by Gasteiger charge is 2.39. The first kappa shape index (κ1) is 14.7. The third-order valence-corrected chi connectivity index (χ3v) is 5.64. The molecule has 0 amide bonds. The lowest BCUT2D eigenvalue weighted by atomic mass is 9.86. The van der Waals surface area contributed by atoms with Crippen LogP contribution in [0, 0.1) is 5.92 Å². The molecular weight excluding hydrogens is 258 g/mol. The molecule has 0 saturated heterocycles. The van der Waals surface area contributed by atoms with Gasteiger partial charge in [0.25, 0.3) is 0 Å². The Morgan fingerprint density at radius 1 is 1.14 bits per heavy atom. The average Bonchev–Trinajstić information content (AvgIpc) is 2.71. The van der Waals surface area contributed by atoms with Gasteiger partial charge >= 0.3 is 0 Å². The number of para-hydroxylation sites is 2. The van der Waals surface area contributed by atoms with E-state index in [0.717, 1.165) is 25.6 Å². The summed E-state index contributed by atoms with van der Waals surface area (Å²) in [5, 5.41) is 0. The van der Waals surface area contributed by atoms with Crippen molar-refractivity contribution in [2.24, 2.45) is 11.7 Å². The predicted octanol–water partition coefficient (Wildman–Crippen LogP) is 3.24. The Morgan fingerprint density at radius 3 is 2.67 bits per heavy atom. The summed E-state index contributed by atoms with van der Waals surface area (Å²) in [6.45, 7) is 5.36. The molecule has 1 aliphatic carbocycles. The van der Waals surface area contributed by atoms with Gasteiger partial charge in [0.15, 0.2) is 0 Å². The molecule has 3 heteroatoms. The molecule has 2 unspecified atom stereocenters. The van der Waals surface area contributed by atoms with Gasteiger partial charge in [-0.05, 0) is 37.3 Å². The lowest BCUT2D eigenvalue weighted by Crippen LogP contribution is -2.57. The molecule has 0 bridgehead atoms. The quantitative estimate of drug-likeness (QED) is 0.848. The zero-order valence-corrected chi connectivity index (χ0v) is 13.5. The largest absolute Gasteiger partial charge is 0.371 e. The second-order valence-corrected chi connectivity index (χ2v) is 7.03. The van der Waals surface area contributed by atoms with Gasteiger partial charge in [-0.1, -0.05) is 31.9 Å². The van der Waals surface area contributed by atoms with Crippen molar-refractivity contribution in [1.29, 1.82) is 0 Å². The first-order valence-corrected chi connectivity index (χ1v) is 8.44. The standard InChI is InChI=1S/C18H29N3/c1-15-6-5-10-18(14-19,11-9-15)21-13-12-20(2)16-7-3-4-8-17(16)21/h3-4,7-8,15H,5-6,9-14,19H2,1-2H3. The van der Waals surface area contributed by atoms with Gasteiger partial charge in [-0.2, -0.15) is 0 Å². The number of rotatable bonds is 2. The number of nitrogens with zero attached hydrogens (tertiary/aromatic N) is 2. The molecule has 0 aromatic heterocycles. The van der Waals surface area contributed by atoms with Gasteiger partial charge in [0.05, 0.1) is 16.9 Å². The molecule has 1 aromatic rings. The summed E-state index contributed by atoms with van der Waals surface area (Å²) in [7, 11) is 2.19. The normalized spacial score (nSPS) is 30.0. The minimum Gasteiger partial charge on any atom is -0.371 e. The number of nitrogens with two attached hydrogens (primary N) is 1. The van der Waals surface area contributed by atoms with E-state index in [2.05, 4.69) is 48.0 Å². The molecule has 2 aliphatic rings. The molecule has 1 saturated carbocycles. The molecule has 2 atom stereocenters. The number of likely N-dealkylation sites (N-methyl/N-ethyl adjacent to an activating group) is 1. The third kappa shape index (κ3) is 2.64. The van der Waals surface area contributed by atoms with E-state index in [9.17, 15) is 0 Å². The van der Waals surface area contributed by atoms with E-state index >= 15 is 0 Å². The number of anilines is 2. The highest BCUT2D eigenvalue weighted by atomic mass is 15.3. The van der Waals surface area contributed by atoms with E-state index in [0.29, 0.717) is 0 Å². The van der Waals surface area contributed by atoms with Crippen molar-refractivity contribution in [3.8, 4) is 0 Å². The van der Waals surface area contributed by atoms with E-state index in [4.69, 9.17) is 5.73 Å². The molecule has 0 spiro atoms. The molecule has 1 aliphatic heterocycles. The molecule has 116 valence electrons. The van der Waals surface area contributed by atoms with Crippen molar-refractivity contribution < 1.29 is 0 Å². The van der Waals surface area contributed by atoms with E-state index in [-0.39, 0.29) is 5.54 Å². The Morgan fingerprint density at radius 2 is 1.90 bits per heavy atom. The first-order valence-electron chi connectivity index (χ1n) is 8.44. The van der Waals surface area contributed by atoms with Gasteiger partial charge in [-0.15, -0.1) is 0 Å². The van der Waals surface area contributed by atoms with E-state index in [1.54, 1.807) is 0 Å². The molecule has 2 N–H and O–H groups in total. The molecule has 3 nitrogen and oxygen atoms in total. The Kier molecular flexibility index (Phi) is 4.12. The summed E-state index contributed by atoms with van der Waals surface area (Å²) >= 11 is 0. The summed E-state index contributed by atoms with van der Waals surface area (Å²) in [6, 6.07) is 8.82. The van der Waals surface area contributed by atoms with Gasteiger partial charge in [-0.3, -0.25) is 0 Å². The third-order valence-electron chi connectivity index (χ3n) is 5.64. The molecular formula is C18H29N3. The number of hydrogen-bond donors (Lipinski definition) is 1. The van der Waals surface area contributed by atoms with Crippen LogP contribution in [-0.4, -0.2) is 32.2 Å². The molecule has 3 rings (SSSR count). The summed E-state index contributed by atoms with van der Waals surface area (Å²) in [5.41, 5.74) is 9.23. The summed E-state index contributed by atoms with van der Waals surface area (Å²) in [5.74, 6) is 0.848. The molecule has 1 aromatic carbocycles. The summed E-state index contributed by atoms with van der Waals surface area (Å²) in [4.78, 5) is 5.01. The van der Waals surface area contributed by atoms with Crippen LogP contribution in [0.15, 0.2) is 24.3 Å². The summed E-state index contributed by atoms with van der Waals surface area (Å²) in [6.07, 6.45) is 6.46. The van der Waals surface area contributed by atoms with Crippen LogP contribution in [-0.2, 0) is 0 Å². The fraction of sp³-hybridized carbons (Fsp3) is 0.667. The van der Waals surface area contributed by atoms with Crippen LogP contribution in [0.5, 0.6) is 0 Å². The van der Waals surface area contributed by atoms with Crippen molar-refractivity contribution in [1.82, 2.24) is 0 Å². The average molecular weight is 287 g/mol. The summed E-state index contributed by atoms with van der Waals surface area (Å²) < 4.78 is 0. The van der Waals surface area contributed by atoms with Crippen molar-refractivity contribution in [2.45, 2.75) is 44.6 Å². The van der Waals surface area contributed by atoms with Crippen molar-refractivity contribution in [3.63, 3.8) is 0 Å². The number of fused-ring (bicyclic) bond motifs is 1. The second-order valence-electron chi connectivity index (χ2n) is 7.03. The van der Waals surface area contributed by atoms with Gasteiger partial charge in [0, 0.05) is 26.7 Å². The maximum atomic E-state index is 6.32. The van der Waals surface area contributed by atoms with Crippen LogP contribution in [0.25, 0.3) is 0 Å². The number of benzene rings is 1. The second kappa shape index (κ2) is 5.88. The minimum atomic E-state index is 0.169. The predicted molar refractivity (Wildman–Crippen MR) is 91.1 cm³/mol. The number of hydrogen-bond acceptors (Lipinski definition) is 3. The highest BCUT2D eigenvalue weighted by Crippen LogP contribution is 2.42. The van der Waals surface area contributed by atoms with E-state index in [1.807, 2.05) is 0 Å². The van der Waals surface area contributed by atoms with Crippen molar-refractivity contribution in [3.05, 3.63) is 24.3 Å². The molecule has 21 heavy (non-hydrogen) atoms. The van der Waals surface area contributed by atoms with E-state index in [1.165, 1.54) is 43.5 Å². The fourth-order valence-electron chi connectivity index (χ4n) is 4.15. The van der Waals surface area contributed by atoms with Gasteiger partial charge < -0.3 is 15.5 Å². The Bertz CT molecular complexity index is 487. The van der Waals surface area contributed by atoms with Crippen LogP contribution in [0.4, 0.5) is 11.4 Å². The molecule has 0 radical (unpaired) electrons. The van der Waals surface area contributed by atoms with Gasteiger partial charge in [0.1, 0.15) is 0 Å². The first-order chi connectivity index (χ1) is 10.2. The minimum absolute atomic E-state index is 0.169. The van der Waals surface area contributed by atoms with Crippen LogP contribution in [0.3, 0.4) is 0 Å². The molecule has 1 fully saturated rings. The highest BCUT2D eigenvalue weighted by molar-refractivity contribution is 5.74. The lowest BCUT2D eigenvalue weighted by Gasteiger charge is -2.49. The Balaban J connectivity index is 1.96. The Hall–Kier alpha value is -1.22. The van der Waals surface area contributed by atoms with Gasteiger partial charge in [0.2, 0.25) is 0 Å². The van der Waals surface area contributed by atoms with Crippen molar-refractivity contribution >= 4 is 11.4 Å². The van der Waals surface area contributed by atoms with Gasteiger partial charge in [-0.25, -0.2) is 0 Å². The zero-order chi connectivity index (χ0) is 14.9. The topological polar surface area (TPSA) is 32.5 Å². The fourth-order valence-corrected chi connectivity index (χ4v) is 4.15. The molecule has 1 heterocycles. The van der Waals surface area contributed by atoms with E-state index < -0.39 is 0 Å².